The summed E-state index contributed by atoms with van der Waals surface area (Å²) in [6.07, 6.45) is 1.61. The van der Waals surface area contributed by atoms with E-state index in [1.165, 1.54) is 5.56 Å². The third kappa shape index (κ3) is 7.13. The lowest BCUT2D eigenvalue weighted by atomic mass is 9.97. The average Bonchev–Trinajstić information content (AvgIpc) is 2.81. The molecule has 1 heterocycles. The summed E-state index contributed by atoms with van der Waals surface area (Å²) in [5, 5.41) is 3.44. The summed E-state index contributed by atoms with van der Waals surface area (Å²) in [4.78, 5) is 21.8. The van der Waals surface area contributed by atoms with Crippen LogP contribution in [-0.2, 0) is 9.53 Å². The Morgan fingerprint density at radius 2 is 1.94 bits per heavy atom. The van der Waals surface area contributed by atoms with Crippen LogP contribution >= 0.6 is 0 Å². The van der Waals surface area contributed by atoms with Gasteiger partial charge < -0.3 is 19.7 Å². The van der Waals surface area contributed by atoms with E-state index >= 15 is 0 Å². The minimum atomic E-state index is -0.0660. The molecule has 1 aromatic carbocycles. The van der Waals surface area contributed by atoms with Crippen LogP contribution in [0.15, 0.2) is 29.3 Å². The van der Waals surface area contributed by atoms with Crippen LogP contribution in [0.1, 0.15) is 52.1 Å². The molecule has 174 valence electrons. The number of nitrogens with zero attached hydrogens (tertiary/aromatic N) is 3. The molecule has 0 saturated carbocycles. The normalized spacial score (nSPS) is 16.3. The highest BCUT2D eigenvalue weighted by atomic mass is 16.5. The number of hydrogen-bond donors (Lipinski definition) is 1. The van der Waals surface area contributed by atoms with Crippen molar-refractivity contribution >= 4 is 11.9 Å². The first kappa shape index (κ1) is 25.0. The Morgan fingerprint density at radius 1 is 1.23 bits per heavy atom. The molecule has 0 aromatic heterocycles. The number of likely N-dealkylation sites (N-methyl/N-ethyl adjacent to an activating group) is 1. The molecule has 1 atom stereocenters. The van der Waals surface area contributed by atoms with Crippen molar-refractivity contribution in [1.29, 1.82) is 0 Å². The fraction of sp³-hybridized carbons (Fsp3) is 0.667. The van der Waals surface area contributed by atoms with Crippen molar-refractivity contribution in [2.45, 2.75) is 46.6 Å². The lowest BCUT2D eigenvalue weighted by Crippen LogP contribution is -2.47. The Morgan fingerprint density at radius 3 is 2.52 bits per heavy atom. The molecule has 7 nitrogen and oxygen atoms in total. The van der Waals surface area contributed by atoms with Crippen LogP contribution < -0.4 is 10.1 Å². The third-order valence-corrected chi connectivity index (χ3v) is 5.90. The van der Waals surface area contributed by atoms with E-state index in [0.29, 0.717) is 13.2 Å². The highest BCUT2D eigenvalue weighted by molar-refractivity contribution is 5.80. The molecule has 1 saturated heterocycles. The van der Waals surface area contributed by atoms with Gasteiger partial charge in [-0.05, 0) is 57.5 Å². The SMILES string of the molecule is CCNC(=NCC(c1cccc(OC)c1)N(CC)CC)N1CCC(C(=O)OCC)CC1. The fourth-order valence-electron chi connectivity index (χ4n) is 4.13. The highest BCUT2D eigenvalue weighted by Gasteiger charge is 2.27. The molecule has 0 spiro atoms. The Balaban J connectivity index is 2.15. The monoisotopic (exact) mass is 432 g/mol. The molecule has 1 fully saturated rings. The van der Waals surface area contributed by atoms with E-state index in [1.807, 2.05) is 19.1 Å². The van der Waals surface area contributed by atoms with Crippen LogP contribution in [0.5, 0.6) is 5.75 Å². The predicted molar refractivity (Wildman–Crippen MR) is 126 cm³/mol. The number of likely N-dealkylation sites (tertiary alicyclic amines) is 1. The molecule has 0 aliphatic carbocycles. The maximum atomic E-state index is 12.1. The molecule has 1 aromatic rings. The number of carbonyl (C=O) groups excluding carboxylic acids is 1. The van der Waals surface area contributed by atoms with E-state index in [4.69, 9.17) is 14.5 Å². The average molecular weight is 433 g/mol. The van der Waals surface area contributed by atoms with Crippen LogP contribution in [0.3, 0.4) is 0 Å². The molecule has 1 N–H and O–H groups in total. The number of benzene rings is 1. The van der Waals surface area contributed by atoms with E-state index in [0.717, 1.165) is 57.3 Å². The first-order valence-electron chi connectivity index (χ1n) is 11.7. The van der Waals surface area contributed by atoms with Crippen molar-refractivity contribution in [3.63, 3.8) is 0 Å². The van der Waals surface area contributed by atoms with Crippen molar-refractivity contribution in [2.24, 2.45) is 10.9 Å². The molecular weight excluding hydrogens is 392 g/mol. The summed E-state index contributed by atoms with van der Waals surface area (Å²) in [6.45, 7) is 13.8. The van der Waals surface area contributed by atoms with Gasteiger partial charge in [0, 0.05) is 19.6 Å². The number of ether oxygens (including phenoxy) is 2. The van der Waals surface area contributed by atoms with Gasteiger partial charge in [0.25, 0.3) is 0 Å². The number of piperidine rings is 1. The van der Waals surface area contributed by atoms with Crippen molar-refractivity contribution in [1.82, 2.24) is 15.1 Å². The molecule has 2 rings (SSSR count). The molecule has 31 heavy (non-hydrogen) atoms. The lowest BCUT2D eigenvalue weighted by molar-refractivity contribution is -0.149. The molecule has 0 radical (unpaired) electrons. The fourth-order valence-corrected chi connectivity index (χ4v) is 4.13. The molecule has 0 bridgehead atoms. The first-order valence-corrected chi connectivity index (χ1v) is 11.7. The largest absolute Gasteiger partial charge is 0.497 e. The van der Waals surface area contributed by atoms with Crippen molar-refractivity contribution in [2.75, 3.05) is 53.0 Å². The predicted octanol–water partition coefficient (Wildman–Crippen LogP) is 3.32. The summed E-state index contributed by atoms with van der Waals surface area (Å²) >= 11 is 0. The maximum Gasteiger partial charge on any atom is 0.309 e. The van der Waals surface area contributed by atoms with Gasteiger partial charge in [0.2, 0.25) is 0 Å². The zero-order chi connectivity index (χ0) is 22.6. The smallest absolute Gasteiger partial charge is 0.309 e. The second kappa shape index (κ2) is 13.2. The van der Waals surface area contributed by atoms with Gasteiger partial charge in [-0.15, -0.1) is 0 Å². The van der Waals surface area contributed by atoms with Crippen LogP contribution in [-0.4, -0.2) is 74.7 Å². The van der Waals surface area contributed by atoms with Crippen molar-refractivity contribution < 1.29 is 14.3 Å². The standard InChI is InChI=1S/C24H40N4O3/c1-6-25-24(28-15-13-19(14-16-28)23(29)31-9-4)26-18-22(27(7-2)8-3)20-11-10-12-21(17-20)30-5/h10-12,17,19,22H,6-9,13-16,18H2,1-5H3,(H,25,26). The van der Waals surface area contributed by atoms with E-state index in [2.05, 4.69) is 48.0 Å². The third-order valence-electron chi connectivity index (χ3n) is 5.90. The van der Waals surface area contributed by atoms with Gasteiger partial charge in [0.15, 0.2) is 5.96 Å². The van der Waals surface area contributed by atoms with Crippen molar-refractivity contribution in [3.8, 4) is 5.75 Å². The highest BCUT2D eigenvalue weighted by Crippen LogP contribution is 2.25. The topological polar surface area (TPSA) is 66.4 Å². The van der Waals surface area contributed by atoms with Gasteiger partial charge in [-0.2, -0.15) is 0 Å². The summed E-state index contributed by atoms with van der Waals surface area (Å²) in [5.74, 6) is 1.72. The van der Waals surface area contributed by atoms with Crippen LogP contribution in [0.25, 0.3) is 0 Å². The Hall–Kier alpha value is -2.28. The number of nitrogens with one attached hydrogen (secondary N) is 1. The lowest BCUT2D eigenvalue weighted by Gasteiger charge is -2.34. The molecule has 0 amide bonds. The Bertz CT molecular complexity index is 698. The van der Waals surface area contributed by atoms with Gasteiger partial charge in [-0.25, -0.2) is 0 Å². The van der Waals surface area contributed by atoms with E-state index in [9.17, 15) is 4.79 Å². The van der Waals surface area contributed by atoms with Crippen LogP contribution in [0.2, 0.25) is 0 Å². The number of guanidine groups is 1. The summed E-state index contributed by atoms with van der Waals surface area (Å²) in [7, 11) is 1.70. The number of methoxy groups -OCH3 is 1. The zero-order valence-electron chi connectivity index (χ0n) is 19.9. The van der Waals surface area contributed by atoms with Gasteiger partial charge in [-0.3, -0.25) is 14.7 Å². The second-order valence-corrected chi connectivity index (χ2v) is 7.72. The zero-order valence-corrected chi connectivity index (χ0v) is 19.9. The summed E-state index contributed by atoms with van der Waals surface area (Å²) in [6, 6.07) is 8.45. The summed E-state index contributed by atoms with van der Waals surface area (Å²) in [5.41, 5.74) is 1.21. The molecule has 1 aliphatic heterocycles. The first-order chi connectivity index (χ1) is 15.1. The minimum absolute atomic E-state index is 0.000664. The van der Waals surface area contributed by atoms with E-state index < -0.39 is 0 Å². The van der Waals surface area contributed by atoms with Crippen LogP contribution in [0, 0.1) is 5.92 Å². The van der Waals surface area contributed by atoms with Gasteiger partial charge in [0.05, 0.1) is 32.2 Å². The second-order valence-electron chi connectivity index (χ2n) is 7.72. The van der Waals surface area contributed by atoms with Gasteiger partial charge in [-0.1, -0.05) is 26.0 Å². The minimum Gasteiger partial charge on any atom is -0.497 e. The van der Waals surface area contributed by atoms with E-state index in [1.54, 1.807) is 7.11 Å². The Labute approximate surface area is 187 Å². The number of carbonyl (C=O) groups is 1. The van der Waals surface area contributed by atoms with Crippen molar-refractivity contribution in [3.05, 3.63) is 29.8 Å². The van der Waals surface area contributed by atoms with Crippen LogP contribution in [0.4, 0.5) is 0 Å². The van der Waals surface area contributed by atoms with Gasteiger partial charge in [0.1, 0.15) is 5.75 Å². The maximum absolute atomic E-state index is 12.1. The quantitative estimate of drug-likeness (QED) is 0.348. The molecule has 1 aliphatic rings. The Kier molecular flexibility index (Phi) is 10.6. The number of hydrogen-bond acceptors (Lipinski definition) is 5. The summed E-state index contributed by atoms with van der Waals surface area (Å²) < 4.78 is 10.6. The van der Waals surface area contributed by atoms with Gasteiger partial charge >= 0.3 is 5.97 Å². The number of rotatable bonds is 10. The molecule has 1 unspecified atom stereocenters. The number of aliphatic imine (C=N–C) groups is 1. The molecular formula is C24H40N4O3. The molecule has 7 heteroatoms. The number of esters is 1. The van der Waals surface area contributed by atoms with E-state index in [-0.39, 0.29) is 17.9 Å².